The second kappa shape index (κ2) is 8.15. The molecule has 0 heterocycles. The van der Waals surface area contributed by atoms with E-state index in [-0.39, 0.29) is 0 Å². The molecule has 0 aliphatic heterocycles. The highest BCUT2D eigenvalue weighted by Crippen LogP contribution is 2.40. The van der Waals surface area contributed by atoms with Gasteiger partial charge in [-0.1, -0.05) is 25.8 Å². The summed E-state index contributed by atoms with van der Waals surface area (Å²) in [5.74, 6) is -2.03. The molecule has 140 valence electrons. The van der Waals surface area contributed by atoms with Crippen molar-refractivity contribution in [3.05, 3.63) is 53.3 Å². The van der Waals surface area contributed by atoms with Gasteiger partial charge < -0.3 is 4.74 Å². The van der Waals surface area contributed by atoms with Crippen molar-refractivity contribution < 1.29 is 17.9 Å². The lowest BCUT2D eigenvalue weighted by Gasteiger charge is -2.29. The molecule has 0 bridgehead atoms. The van der Waals surface area contributed by atoms with Crippen LogP contribution < -0.4 is 4.74 Å². The van der Waals surface area contributed by atoms with Crippen LogP contribution in [0.5, 0.6) is 5.75 Å². The SMILES string of the molecule is CCCC1CCC(c2ccc(OC)c(-c3cc(F)c(F)c(F)c3)c2)CC1. The minimum atomic E-state index is -1.45. The molecule has 0 unspecified atom stereocenters. The highest BCUT2D eigenvalue weighted by molar-refractivity contribution is 5.71. The van der Waals surface area contributed by atoms with Crippen LogP contribution >= 0.6 is 0 Å². The minimum absolute atomic E-state index is 0.291. The standard InChI is InChI=1S/C22H25F3O/c1-3-4-14-5-7-15(8-6-14)16-9-10-21(26-2)18(11-16)17-12-19(23)22(25)20(24)13-17/h9-15H,3-8H2,1-2H3. The predicted molar refractivity (Wildman–Crippen MR) is 97.9 cm³/mol. The average molecular weight is 362 g/mol. The van der Waals surface area contributed by atoms with E-state index in [0.717, 1.165) is 36.5 Å². The molecular weight excluding hydrogens is 337 g/mol. The molecule has 3 rings (SSSR count). The molecule has 0 radical (unpaired) electrons. The molecule has 0 amide bonds. The third-order valence-electron chi connectivity index (χ3n) is 5.53. The van der Waals surface area contributed by atoms with Crippen molar-refractivity contribution in [2.75, 3.05) is 7.11 Å². The van der Waals surface area contributed by atoms with Gasteiger partial charge in [-0.25, -0.2) is 13.2 Å². The first-order valence-electron chi connectivity index (χ1n) is 9.36. The Bertz CT molecular complexity index is 741. The van der Waals surface area contributed by atoms with Crippen LogP contribution in [0, 0.1) is 23.4 Å². The fourth-order valence-electron chi connectivity index (χ4n) is 4.11. The van der Waals surface area contributed by atoms with Gasteiger partial charge in [-0.2, -0.15) is 0 Å². The second-order valence-corrected chi connectivity index (χ2v) is 7.22. The summed E-state index contributed by atoms with van der Waals surface area (Å²) >= 11 is 0. The molecule has 1 saturated carbocycles. The van der Waals surface area contributed by atoms with Gasteiger partial charge in [0.2, 0.25) is 0 Å². The maximum atomic E-state index is 13.7. The van der Waals surface area contributed by atoms with Gasteiger partial charge in [-0.3, -0.25) is 0 Å². The lowest BCUT2D eigenvalue weighted by molar-refractivity contribution is 0.308. The monoisotopic (exact) mass is 362 g/mol. The largest absolute Gasteiger partial charge is 0.496 e. The van der Waals surface area contributed by atoms with E-state index in [4.69, 9.17) is 4.74 Å². The smallest absolute Gasteiger partial charge is 0.194 e. The third kappa shape index (κ3) is 3.89. The molecule has 26 heavy (non-hydrogen) atoms. The first kappa shape index (κ1) is 18.8. The van der Waals surface area contributed by atoms with E-state index in [2.05, 4.69) is 6.92 Å². The van der Waals surface area contributed by atoms with Gasteiger partial charge in [0.25, 0.3) is 0 Å². The van der Waals surface area contributed by atoms with Crippen molar-refractivity contribution in [3.63, 3.8) is 0 Å². The lowest BCUT2D eigenvalue weighted by Crippen LogP contribution is -2.13. The van der Waals surface area contributed by atoms with Gasteiger partial charge in [0, 0.05) is 5.56 Å². The van der Waals surface area contributed by atoms with Gasteiger partial charge in [-0.05, 0) is 72.9 Å². The molecule has 1 fully saturated rings. The highest BCUT2D eigenvalue weighted by atomic mass is 19.2. The molecule has 0 spiro atoms. The van der Waals surface area contributed by atoms with Gasteiger partial charge >= 0.3 is 0 Å². The Balaban J connectivity index is 1.90. The number of rotatable bonds is 5. The summed E-state index contributed by atoms with van der Waals surface area (Å²) in [6.45, 7) is 2.22. The zero-order valence-electron chi connectivity index (χ0n) is 15.3. The molecule has 1 nitrogen and oxygen atoms in total. The van der Waals surface area contributed by atoms with E-state index >= 15 is 0 Å². The van der Waals surface area contributed by atoms with Crippen molar-refractivity contribution in [2.45, 2.75) is 51.4 Å². The summed E-state index contributed by atoms with van der Waals surface area (Å²) in [6.07, 6.45) is 7.21. The lowest BCUT2D eigenvalue weighted by atomic mass is 9.77. The second-order valence-electron chi connectivity index (χ2n) is 7.22. The van der Waals surface area contributed by atoms with Crippen molar-refractivity contribution in [1.29, 1.82) is 0 Å². The van der Waals surface area contributed by atoms with Crippen LogP contribution in [0.15, 0.2) is 30.3 Å². The predicted octanol–water partition coefficient (Wildman–Crippen LogP) is 6.85. The summed E-state index contributed by atoms with van der Waals surface area (Å²) in [5, 5.41) is 0. The van der Waals surface area contributed by atoms with Crippen LogP contribution in [0.2, 0.25) is 0 Å². The van der Waals surface area contributed by atoms with Crippen molar-refractivity contribution in [2.24, 2.45) is 5.92 Å². The molecule has 2 aromatic carbocycles. The van der Waals surface area contributed by atoms with Crippen LogP contribution in [-0.4, -0.2) is 7.11 Å². The zero-order valence-corrected chi connectivity index (χ0v) is 15.3. The highest BCUT2D eigenvalue weighted by Gasteiger charge is 2.23. The van der Waals surface area contributed by atoms with E-state index in [9.17, 15) is 13.2 Å². The fraction of sp³-hybridized carbons (Fsp3) is 0.455. The summed E-state index contributed by atoms with van der Waals surface area (Å²) in [4.78, 5) is 0. The van der Waals surface area contributed by atoms with Gasteiger partial charge in [0.15, 0.2) is 17.5 Å². The number of benzene rings is 2. The summed E-state index contributed by atoms with van der Waals surface area (Å²) in [5.41, 5.74) is 2.04. The summed E-state index contributed by atoms with van der Waals surface area (Å²) in [7, 11) is 1.52. The first-order valence-corrected chi connectivity index (χ1v) is 9.36. The Morgan fingerprint density at radius 2 is 1.62 bits per heavy atom. The van der Waals surface area contributed by atoms with Gasteiger partial charge in [0.05, 0.1) is 7.11 Å². The van der Waals surface area contributed by atoms with E-state index < -0.39 is 17.5 Å². The molecule has 0 atom stereocenters. The maximum Gasteiger partial charge on any atom is 0.194 e. The van der Waals surface area contributed by atoms with Gasteiger partial charge in [0.1, 0.15) is 5.75 Å². The normalized spacial score (nSPS) is 20.2. The Morgan fingerprint density at radius 1 is 0.962 bits per heavy atom. The van der Waals surface area contributed by atoms with E-state index in [1.165, 1.54) is 32.8 Å². The number of hydrogen-bond donors (Lipinski definition) is 0. The van der Waals surface area contributed by atoms with E-state index in [0.29, 0.717) is 22.8 Å². The van der Waals surface area contributed by atoms with Crippen molar-refractivity contribution in [1.82, 2.24) is 0 Å². The molecule has 4 heteroatoms. The van der Waals surface area contributed by atoms with Crippen LogP contribution in [0.1, 0.15) is 56.9 Å². The number of ether oxygens (including phenoxy) is 1. The summed E-state index contributed by atoms with van der Waals surface area (Å²) < 4.78 is 46.0. The van der Waals surface area contributed by atoms with Crippen molar-refractivity contribution >= 4 is 0 Å². The molecule has 0 saturated heterocycles. The van der Waals surface area contributed by atoms with E-state index in [1.54, 1.807) is 0 Å². The molecule has 2 aromatic rings. The van der Waals surface area contributed by atoms with Crippen LogP contribution in [0.3, 0.4) is 0 Å². The Hall–Kier alpha value is -1.97. The molecule has 0 aromatic heterocycles. The Morgan fingerprint density at radius 3 is 2.19 bits per heavy atom. The quantitative estimate of drug-likeness (QED) is 0.528. The molecule has 1 aliphatic rings. The first-order chi connectivity index (χ1) is 12.5. The fourth-order valence-corrected chi connectivity index (χ4v) is 4.11. The summed E-state index contributed by atoms with van der Waals surface area (Å²) in [6, 6.07) is 7.86. The van der Waals surface area contributed by atoms with Crippen molar-refractivity contribution in [3.8, 4) is 16.9 Å². The Labute approximate surface area is 153 Å². The van der Waals surface area contributed by atoms with E-state index in [1.807, 2.05) is 18.2 Å². The topological polar surface area (TPSA) is 9.23 Å². The number of halogens is 3. The average Bonchev–Trinajstić information content (AvgIpc) is 2.66. The van der Waals surface area contributed by atoms with Gasteiger partial charge in [-0.15, -0.1) is 0 Å². The number of methoxy groups -OCH3 is 1. The van der Waals surface area contributed by atoms with Crippen LogP contribution in [0.25, 0.3) is 11.1 Å². The molecule has 1 aliphatic carbocycles. The minimum Gasteiger partial charge on any atom is -0.496 e. The maximum absolute atomic E-state index is 13.7. The molecule has 0 N–H and O–H groups in total. The van der Waals surface area contributed by atoms with Crippen LogP contribution in [0.4, 0.5) is 13.2 Å². The number of hydrogen-bond acceptors (Lipinski definition) is 1. The molecular formula is C22H25F3O. The third-order valence-corrected chi connectivity index (χ3v) is 5.53. The Kier molecular flexibility index (Phi) is 5.90. The van der Waals surface area contributed by atoms with Crippen LogP contribution in [-0.2, 0) is 0 Å². The zero-order chi connectivity index (χ0) is 18.7.